The van der Waals surface area contributed by atoms with Crippen molar-refractivity contribution in [2.24, 2.45) is 10.9 Å². The average molecular weight is 512 g/mol. The molecule has 5 nitrogen and oxygen atoms in total. The third-order valence-corrected chi connectivity index (χ3v) is 6.12. The van der Waals surface area contributed by atoms with Gasteiger partial charge in [-0.25, -0.2) is 0 Å². The van der Waals surface area contributed by atoms with E-state index < -0.39 is 0 Å². The molecule has 0 bridgehead atoms. The van der Waals surface area contributed by atoms with Crippen LogP contribution in [0.2, 0.25) is 0 Å². The van der Waals surface area contributed by atoms with Gasteiger partial charge in [0.2, 0.25) is 5.91 Å². The lowest BCUT2D eigenvalue weighted by molar-refractivity contribution is -0.134. The van der Waals surface area contributed by atoms with E-state index in [2.05, 4.69) is 59.7 Å². The zero-order chi connectivity index (χ0) is 19.8. The zero-order valence-corrected chi connectivity index (χ0v) is 20.2. The summed E-state index contributed by atoms with van der Waals surface area (Å²) in [5.41, 5.74) is 1.35. The van der Waals surface area contributed by atoms with Crippen molar-refractivity contribution >= 4 is 35.8 Å². The minimum absolute atomic E-state index is 0. The number of likely N-dealkylation sites (tertiary alicyclic amines) is 1. The number of nitrogens with zero attached hydrogens (tertiary/aromatic N) is 2. The van der Waals surface area contributed by atoms with Gasteiger partial charge >= 0.3 is 0 Å². The van der Waals surface area contributed by atoms with Crippen LogP contribution in [0.4, 0.5) is 0 Å². The van der Waals surface area contributed by atoms with Gasteiger partial charge in [0.15, 0.2) is 5.96 Å². The Morgan fingerprint density at radius 3 is 2.55 bits per heavy atom. The van der Waals surface area contributed by atoms with Crippen molar-refractivity contribution in [1.82, 2.24) is 15.5 Å². The van der Waals surface area contributed by atoms with E-state index in [1.54, 1.807) is 0 Å². The van der Waals surface area contributed by atoms with Crippen LogP contribution in [0.5, 0.6) is 0 Å². The molecule has 2 N–H and O–H groups in total. The van der Waals surface area contributed by atoms with E-state index in [1.807, 2.05) is 0 Å². The Labute approximate surface area is 193 Å². The van der Waals surface area contributed by atoms with Crippen molar-refractivity contribution in [3.63, 3.8) is 0 Å². The second-order valence-electron chi connectivity index (χ2n) is 8.13. The lowest BCUT2D eigenvalue weighted by atomic mass is 9.97. The topological polar surface area (TPSA) is 56.7 Å². The number of rotatable bonds is 7. The van der Waals surface area contributed by atoms with Crippen LogP contribution in [0.1, 0.15) is 63.9 Å². The highest BCUT2D eigenvalue weighted by Crippen LogP contribution is 2.28. The molecule has 1 aromatic carbocycles. The first-order chi connectivity index (χ1) is 13.7. The largest absolute Gasteiger partial charge is 0.357 e. The maximum Gasteiger partial charge on any atom is 0.225 e. The lowest BCUT2D eigenvalue weighted by Crippen LogP contribution is -2.45. The number of aliphatic imine (C=N–C) groups is 1. The third-order valence-electron chi connectivity index (χ3n) is 6.12. The van der Waals surface area contributed by atoms with E-state index in [4.69, 9.17) is 4.99 Å². The summed E-state index contributed by atoms with van der Waals surface area (Å²) in [5, 5.41) is 6.94. The number of hydrogen-bond acceptors (Lipinski definition) is 2. The minimum Gasteiger partial charge on any atom is -0.357 e. The molecule has 162 valence electrons. The van der Waals surface area contributed by atoms with Crippen LogP contribution in [-0.2, 0) is 4.79 Å². The number of halogens is 1. The Balaban J connectivity index is 0.00000300. The monoisotopic (exact) mass is 512 g/mol. The molecule has 1 saturated heterocycles. The Bertz CT molecular complexity index is 646. The molecule has 0 spiro atoms. The summed E-state index contributed by atoms with van der Waals surface area (Å²) in [6.45, 7) is 7.59. The molecular weight excluding hydrogens is 475 g/mol. The standard InChI is InChI=1S/C23H36N4O.HI/c1-3-18(19-10-6-5-7-11-19)16-25-23(24-4-2)26-21-14-15-27(17-21)22(28)20-12-8-9-13-20;/h5-7,10-11,18,20-21H,3-4,8-9,12-17H2,1-2H3,(H2,24,25,26);1H. The second-order valence-corrected chi connectivity index (χ2v) is 8.13. The summed E-state index contributed by atoms with van der Waals surface area (Å²) in [4.78, 5) is 19.6. The van der Waals surface area contributed by atoms with Gasteiger partial charge in [0, 0.05) is 44.1 Å². The van der Waals surface area contributed by atoms with Crippen LogP contribution < -0.4 is 10.6 Å². The minimum atomic E-state index is 0. The van der Waals surface area contributed by atoms with Gasteiger partial charge in [0.1, 0.15) is 0 Å². The lowest BCUT2D eigenvalue weighted by Gasteiger charge is -2.22. The molecule has 2 unspecified atom stereocenters. The molecule has 1 aromatic rings. The predicted octanol–water partition coefficient (Wildman–Crippen LogP) is 4.14. The number of carbonyl (C=O) groups excluding carboxylic acids is 1. The Morgan fingerprint density at radius 2 is 1.90 bits per heavy atom. The van der Waals surface area contributed by atoms with E-state index >= 15 is 0 Å². The van der Waals surface area contributed by atoms with Gasteiger partial charge in [0.05, 0.1) is 0 Å². The van der Waals surface area contributed by atoms with Crippen molar-refractivity contribution in [3.05, 3.63) is 35.9 Å². The van der Waals surface area contributed by atoms with Gasteiger partial charge in [-0.05, 0) is 38.2 Å². The maximum atomic E-state index is 12.7. The zero-order valence-electron chi connectivity index (χ0n) is 17.9. The van der Waals surface area contributed by atoms with Crippen molar-refractivity contribution in [2.75, 3.05) is 26.2 Å². The fourth-order valence-corrected chi connectivity index (χ4v) is 4.42. The molecular formula is C23H37IN4O. The molecule has 1 amide bonds. The van der Waals surface area contributed by atoms with Crippen molar-refractivity contribution < 1.29 is 4.79 Å². The molecule has 0 aromatic heterocycles. The van der Waals surface area contributed by atoms with Crippen molar-refractivity contribution in [1.29, 1.82) is 0 Å². The molecule has 2 aliphatic rings. The van der Waals surface area contributed by atoms with Crippen LogP contribution in [-0.4, -0.2) is 49.0 Å². The van der Waals surface area contributed by atoms with Gasteiger partial charge < -0.3 is 15.5 Å². The van der Waals surface area contributed by atoms with Gasteiger partial charge in [0.25, 0.3) is 0 Å². The fourth-order valence-electron chi connectivity index (χ4n) is 4.42. The highest BCUT2D eigenvalue weighted by Gasteiger charge is 2.32. The fraction of sp³-hybridized carbons (Fsp3) is 0.652. The second kappa shape index (κ2) is 12.4. The van der Waals surface area contributed by atoms with E-state index in [0.717, 1.165) is 57.8 Å². The quantitative estimate of drug-likeness (QED) is 0.328. The smallest absolute Gasteiger partial charge is 0.225 e. The summed E-state index contributed by atoms with van der Waals surface area (Å²) >= 11 is 0. The number of nitrogens with one attached hydrogen (secondary N) is 2. The first-order valence-corrected chi connectivity index (χ1v) is 11.1. The molecule has 6 heteroatoms. The molecule has 1 aliphatic carbocycles. The highest BCUT2D eigenvalue weighted by atomic mass is 127. The predicted molar refractivity (Wildman–Crippen MR) is 131 cm³/mol. The van der Waals surface area contributed by atoms with Crippen molar-refractivity contribution in [2.45, 2.75) is 64.3 Å². The SMILES string of the molecule is CCNC(=NCC(CC)c1ccccc1)NC1CCN(C(=O)C2CCCC2)C1.I. The summed E-state index contributed by atoms with van der Waals surface area (Å²) in [5.74, 6) is 1.95. The maximum absolute atomic E-state index is 12.7. The van der Waals surface area contributed by atoms with Crippen LogP contribution in [0.3, 0.4) is 0 Å². The van der Waals surface area contributed by atoms with E-state index in [0.29, 0.717) is 17.9 Å². The number of amides is 1. The van der Waals surface area contributed by atoms with Gasteiger partial charge in [-0.3, -0.25) is 9.79 Å². The molecule has 1 saturated carbocycles. The van der Waals surface area contributed by atoms with Crippen LogP contribution in [0, 0.1) is 5.92 Å². The molecule has 0 radical (unpaired) electrons. The number of benzene rings is 1. The van der Waals surface area contributed by atoms with Crippen molar-refractivity contribution in [3.8, 4) is 0 Å². The first kappa shape index (κ1) is 24.0. The Hall–Kier alpha value is -1.31. The summed E-state index contributed by atoms with van der Waals surface area (Å²) < 4.78 is 0. The average Bonchev–Trinajstić information content (AvgIpc) is 3.41. The van der Waals surface area contributed by atoms with Crippen LogP contribution >= 0.6 is 24.0 Å². The van der Waals surface area contributed by atoms with Gasteiger partial charge in [-0.2, -0.15) is 0 Å². The summed E-state index contributed by atoms with van der Waals surface area (Å²) in [7, 11) is 0. The Morgan fingerprint density at radius 1 is 1.17 bits per heavy atom. The Kier molecular flexibility index (Phi) is 10.2. The summed E-state index contributed by atoms with van der Waals surface area (Å²) in [6.07, 6.45) is 6.65. The molecule has 2 atom stereocenters. The molecule has 1 aliphatic heterocycles. The molecule has 29 heavy (non-hydrogen) atoms. The van der Waals surface area contributed by atoms with E-state index in [9.17, 15) is 4.79 Å². The van der Waals surface area contributed by atoms with E-state index in [-0.39, 0.29) is 29.9 Å². The molecule has 2 fully saturated rings. The normalized spacial score (nSPS) is 21.0. The van der Waals surface area contributed by atoms with Gasteiger partial charge in [-0.1, -0.05) is 50.1 Å². The van der Waals surface area contributed by atoms with Crippen LogP contribution in [0.15, 0.2) is 35.3 Å². The number of guanidine groups is 1. The highest BCUT2D eigenvalue weighted by molar-refractivity contribution is 14.0. The molecule has 1 heterocycles. The summed E-state index contributed by atoms with van der Waals surface area (Å²) in [6, 6.07) is 10.9. The number of carbonyl (C=O) groups is 1. The molecule has 3 rings (SSSR count). The van der Waals surface area contributed by atoms with Gasteiger partial charge in [-0.15, -0.1) is 24.0 Å². The van der Waals surface area contributed by atoms with E-state index in [1.165, 1.54) is 18.4 Å². The third kappa shape index (κ3) is 6.86. The first-order valence-electron chi connectivity index (χ1n) is 11.1. The van der Waals surface area contributed by atoms with Crippen LogP contribution in [0.25, 0.3) is 0 Å². The number of hydrogen-bond donors (Lipinski definition) is 2.